The molecule has 4 aromatic rings. The largest absolute Gasteiger partial charge is 0.497 e. The van der Waals surface area contributed by atoms with Crippen molar-refractivity contribution in [2.75, 3.05) is 26.1 Å². The standard InChI is InChI=1S/C27H28N4O2/c1-30(2)22-10-7-19(8-11-22)9-14-26-29-25-13-12-23(33-3)16-24(25)27(32)31(26)18-21-6-4-5-20(15-21)17-28/h4-16H,17-18,28H2,1-3H3. The van der Waals surface area contributed by atoms with Crippen LogP contribution in [0.4, 0.5) is 5.69 Å². The molecule has 0 radical (unpaired) electrons. The Bertz CT molecular complexity index is 1360. The van der Waals surface area contributed by atoms with Crippen molar-refractivity contribution in [3.8, 4) is 5.75 Å². The number of nitrogens with zero attached hydrogens (tertiary/aromatic N) is 3. The average Bonchev–Trinajstić information content (AvgIpc) is 2.85. The molecule has 0 fully saturated rings. The molecule has 168 valence electrons. The Hall–Kier alpha value is -3.90. The lowest BCUT2D eigenvalue weighted by molar-refractivity contribution is 0.415. The lowest BCUT2D eigenvalue weighted by Crippen LogP contribution is -2.24. The molecule has 0 aliphatic heterocycles. The first-order valence-corrected chi connectivity index (χ1v) is 10.8. The van der Waals surface area contributed by atoms with Crippen LogP contribution in [0.2, 0.25) is 0 Å². The molecule has 2 N–H and O–H groups in total. The Kier molecular flexibility index (Phi) is 6.56. The minimum atomic E-state index is -0.111. The summed E-state index contributed by atoms with van der Waals surface area (Å²) < 4.78 is 7.02. The predicted octanol–water partition coefficient (Wildman–Crippen LogP) is 4.15. The SMILES string of the molecule is COc1ccc2nc(C=Cc3ccc(N(C)C)cc3)n(Cc3cccc(CN)c3)c(=O)c2c1. The van der Waals surface area contributed by atoms with Gasteiger partial charge >= 0.3 is 0 Å². The van der Waals surface area contributed by atoms with Crippen molar-refractivity contribution in [1.82, 2.24) is 9.55 Å². The highest BCUT2D eigenvalue weighted by Gasteiger charge is 2.11. The third-order valence-electron chi connectivity index (χ3n) is 5.59. The summed E-state index contributed by atoms with van der Waals surface area (Å²) in [6, 6.07) is 21.5. The lowest BCUT2D eigenvalue weighted by Gasteiger charge is -2.13. The van der Waals surface area contributed by atoms with Crippen LogP contribution in [0.25, 0.3) is 23.1 Å². The van der Waals surface area contributed by atoms with Gasteiger partial charge in [-0.15, -0.1) is 0 Å². The number of nitrogens with two attached hydrogens (primary N) is 1. The van der Waals surface area contributed by atoms with Crippen LogP contribution in [0.1, 0.15) is 22.5 Å². The van der Waals surface area contributed by atoms with Crippen LogP contribution < -0.4 is 20.9 Å². The van der Waals surface area contributed by atoms with Gasteiger partial charge in [0, 0.05) is 26.3 Å². The predicted molar refractivity (Wildman–Crippen MR) is 136 cm³/mol. The van der Waals surface area contributed by atoms with Crippen LogP contribution in [0.3, 0.4) is 0 Å². The Morgan fingerprint density at radius 1 is 1.00 bits per heavy atom. The van der Waals surface area contributed by atoms with Crippen molar-refractivity contribution in [2.24, 2.45) is 5.73 Å². The van der Waals surface area contributed by atoms with Gasteiger partial charge in [-0.05, 0) is 53.1 Å². The summed E-state index contributed by atoms with van der Waals surface area (Å²) in [7, 11) is 5.61. The molecule has 0 atom stereocenters. The summed E-state index contributed by atoms with van der Waals surface area (Å²) in [5.41, 5.74) is 10.5. The van der Waals surface area contributed by atoms with Crippen molar-refractivity contribution >= 4 is 28.7 Å². The fourth-order valence-electron chi connectivity index (χ4n) is 3.72. The van der Waals surface area contributed by atoms with Crippen molar-refractivity contribution in [3.63, 3.8) is 0 Å². The number of rotatable bonds is 7. The number of methoxy groups -OCH3 is 1. The molecule has 4 rings (SSSR count). The molecule has 6 heteroatoms. The molecule has 0 amide bonds. The number of hydrogen-bond donors (Lipinski definition) is 1. The number of anilines is 1. The number of hydrogen-bond acceptors (Lipinski definition) is 5. The van der Waals surface area contributed by atoms with E-state index >= 15 is 0 Å². The van der Waals surface area contributed by atoms with Crippen LogP contribution in [0.5, 0.6) is 5.75 Å². The first kappa shape index (κ1) is 22.3. The molecule has 0 saturated heterocycles. The second-order valence-electron chi connectivity index (χ2n) is 8.09. The molecule has 33 heavy (non-hydrogen) atoms. The van der Waals surface area contributed by atoms with Crippen molar-refractivity contribution in [1.29, 1.82) is 0 Å². The highest BCUT2D eigenvalue weighted by molar-refractivity contribution is 5.81. The van der Waals surface area contributed by atoms with Crippen LogP contribution in [-0.2, 0) is 13.1 Å². The summed E-state index contributed by atoms with van der Waals surface area (Å²) in [5.74, 6) is 1.22. The Labute approximate surface area is 193 Å². The zero-order valence-corrected chi connectivity index (χ0v) is 19.2. The highest BCUT2D eigenvalue weighted by atomic mass is 16.5. The van der Waals surface area contributed by atoms with Gasteiger partial charge in [0.1, 0.15) is 11.6 Å². The molecule has 6 nitrogen and oxygen atoms in total. The second kappa shape index (κ2) is 9.71. The zero-order chi connectivity index (χ0) is 23.4. The fraction of sp³-hybridized carbons (Fsp3) is 0.185. The maximum atomic E-state index is 13.5. The summed E-state index contributed by atoms with van der Waals surface area (Å²) in [5, 5.41) is 0.525. The van der Waals surface area contributed by atoms with Crippen molar-refractivity contribution < 1.29 is 4.74 Å². The minimum absolute atomic E-state index is 0.111. The second-order valence-corrected chi connectivity index (χ2v) is 8.09. The van der Waals surface area contributed by atoms with Crippen LogP contribution in [-0.4, -0.2) is 30.8 Å². The van der Waals surface area contributed by atoms with Gasteiger partial charge in [0.05, 0.1) is 24.6 Å². The number of benzene rings is 3. The molecule has 1 heterocycles. The topological polar surface area (TPSA) is 73.4 Å². The van der Waals surface area contributed by atoms with Gasteiger partial charge in [-0.25, -0.2) is 4.98 Å². The molecular formula is C27H28N4O2. The van der Waals surface area contributed by atoms with E-state index in [4.69, 9.17) is 15.5 Å². The summed E-state index contributed by atoms with van der Waals surface area (Å²) in [6.45, 7) is 0.845. The Morgan fingerprint density at radius 3 is 2.45 bits per heavy atom. The minimum Gasteiger partial charge on any atom is -0.497 e. The van der Waals surface area contributed by atoms with Gasteiger partial charge in [-0.1, -0.05) is 42.5 Å². The van der Waals surface area contributed by atoms with Crippen LogP contribution >= 0.6 is 0 Å². The molecule has 0 aliphatic rings. The molecule has 0 unspecified atom stereocenters. The summed E-state index contributed by atoms with van der Waals surface area (Å²) >= 11 is 0. The number of ether oxygens (including phenoxy) is 1. The van der Waals surface area contributed by atoms with E-state index in [1.54, 1.807) is 17.7 Å². The van der Waals surface area contributed by atoms with Gasteiger partial charge in [0.15, 0.2) is 0 Å². The van der Waals surface area contributed by atoms with Crippen molar-refractivity contribution in [3.05, 3.63) is 99.6 Å². The normalized spacial score (nSPS) is 11.3. The van der Waals surface area contributed by atoms with Crippen LogP contribution in [0, 0.1) is 0 Å². The monoisotopic (exact) mass is 440 g/mol. The van der Waals surface area contributed by atoms with E-state index in [9.17, 15) is 4.79 Å². The number of fused-ring (bicyclic) bond motifs is 1. The van der Waals surface area contributed by atoms with Crippen LogP contribution in [0.15, 0.2) is 71.5 Å². The van der Waals surface area contributed by atoms with E-state index in [1.165, 1.54) is 0 Å². The quantitative estimate of drug-likeness (QED) is 0.467. The maximum Gasteiger partial charge on any atom is 0.262 e. The van der Waals surface area contributed by atoms with E-state index in [1.807, 2.05) is 74.8 Å². The fourth-order valence-corrected chi connectivity index (χ4v) is 3.72. The smallest absolute Gasteiger partial charge is 0.262 e. The first-order valence-electron chi connectivity index (χ1n) is 10.8. The van der Waals surface area contributed by atoms with Gasteiger partial charge in [-0.3, -0.25) is 9.36 Å². The molecule has 3 aromatic carbocycles. The molecule has 0 bridgehead atoms. The van der Waals surface area contributed by atoms with Gasteiger partial charge in [-0.2, -0.15) is 0 Å². The van der Waals surface area contributed by atoms with E-state index < -0.39 is 0 Å². The van der Waals surface area contributed by atoms with E-state index in [0.29, 0.717) is 35.6 Å². The van der Waals surface area contributed by atoms with Gasteiger partial charge in [0.2, 0.25) is 0 Å². The Balaban J connectivity index is 1.80. The molecular weight excluding hydrogens is 412 g/mol. The Morgan fingerprint density at radius 2 is 1.76 bits per heavy atom. The zero-order valence-electron chi connectivity index (χ0n) is 19.2. The molecule has 1 aromatic heterocycles. The van der Waals surface area contributed by atoms with Gasteiger partial charge < -0.3 is 15.4 Å². The van der Waals surface area contributed by atoms with E-state index in [-0.39, 0.29) is 5.56 Å². The van der Waals surface area contributed by atoms with Gasteiger partial charge in [0.25, 0.3) is 5.56 Å². The molecule has 0 saturated carbocycles. The van der Waals surface area contributed by atoms with E-state index in [2.05, 4.69) is 17.0 Å². The maximum absolute atomic E-state index is 13.5. The average molecular weight is 441 g/mol. The first-order chi connectivity index (χ1) is 16.0. The summed E-state index contributed by atoms with van der Waals surface area (Å²) in [4.78, 5) is 20.4. The molecule has 0 spiro atoms. The van der Waals surface area contributed by atoms with E-state index in [0.717, 1.165) is 22.4 Å². The third kappa shape index (κ3) is 4.96. The number of aromatic nitrogens is 2. The lowest BCUT2D eigenvalue weighted by atomic mass is 10.1. The van der Waals surface area contributed by atoms with Crippen molar-refractivity contribution in [2.45, 2.75) is 13.1 Å². The highest BCUT2D eigenvalue weighted by Crippen LogP contribution is 2.19. The third-order valence-corrected chi connectivity index (χ3v) is 5.59. The molecule has 0 aliphatic carbocycles. The summed E-state index contributed by atoms with van der Waals surface area (Å²) in [6.07, 6.45) is 3.87.